The average Bonchev–Trinajstić information content (AvgIpc) is 3.16. The van der Waals surface area contributed by atoms with Crippen LogP contribution in [0.15, 0.2) is 4.52 Å². The van der Waals surface area contributed by atoms with Gasteiger partial charge in [-0.2, -0.15) is 4.98 Å². The first-order valence-electron chi connectivity index (χ1n) is 9.52. The SMILES string of the molecule is COC(=O)COCc1noc([C@H](CCCC2CCCCC2)CC(=O)NO)n1. The normalized spacial score (nSPS) is 16.1. The minimum Gasteiger partial charge on any atom is -0.467 e. The average molecular weight is 383 g/mol. The van der Waals surface area contributed by atoms with Crippen LogP contribution in [0, 0.1) is 5.92 Å². The van der Waals surface area contributed by atoms with E-state index in [4.69, 9.17) is 14.5 Å². The van der Waals surface area contributed by atoms with E-state index < -0.39 is 11.9 Å². The maximum atomic E-state index is 11.6. The number of amides is 1. The van der Waals surface area contributed by atoms with E-state index in [9.17, 15) is 9.59 Å². The van der Waals surface area contributed by atoms with Crippen molar-refractivity contribution in [3.8, 4) is 0 Å². The fourth-order valence-electron chi connectivity index (χ4n) is 3.49. The Bertz CT molecular complexity index is 585. The van der Waals surface area contributed by atoms with Gasteiger partial charge in [-0.15, -0.1) is 0 Å². The molecule has 2 rings (SSSR count). The Hall–Kier alpha value is -2.00. The molecule has 9 heteroatoms. The Morgan fingerprint density at radius 1 is 1.33 bits per heavy atom. The monoisotopic (exact) mass is 383 g/mol. The molecule has 1 saturated carbocycles. The van der Waals surface area contributed by atoms with Crippen LogP contribution in [0.25, 0.3) is 0 Å². The van der Waals surface area contributed by atoms with Gasteiger partial charge in [-0.05, 0) is 12.3 Å². The van der Waals surface area contributed by atoms with Crippen molar-refractivity contribution in [2.75, 3.05) is 13.7 Å². The van der Waals surface area contributed by atoms with E-state index in [-0.39, 0.29) is 25.6 Å². The molecule has 9 nitrogen and oxygen atoms in total. The molecule has 152 valence electrons. The highest BCUT2D eigenvalue weighted by Crippen LogP contribution is 2.31. The maximum absolute atomic E-state index is 11.6. The number of hydrogen-bond acceptors (Lipinski definition) is 8. The quantitative estimate of drug-likeness (QED) is 0.339. The Labute approximate surface area is 158 Å². The first kappa shape index (κ1) is 21.3. The summed E-state index contributed by atoms with van der Waals surface area (Å²) in [7, 11) is 1.28. The van der Waals surface area contributed by atoms with Crippen LogP contribution < -0.4 is 5.48 Å². The lowest BCUT2D eigenvalue weighted by atomic mass is 9.84. The smallest absolute Gasteiger partial charge is 0.331 e. The van der Waals surface area contributed by atoms with Gasteiger partial charge in [-0.1, -0.05) is 50.1 Å². The van der Waals surface area contributed by atoms with Gasteiger partial charge in [0.05, 0.1) is 7.11 Å². The summed E-state index contributed by atoms with van der Waals surface area (Å²) >= 11 is 0. The highest BCUT2D eigenvalue weighted by atomic mass is 16.6. The van der Waals surface area contributed by atoms with Gasteiger partial charge in [0, 0.05) is 12.3 Å². The van der Waals surface area contributed by atoms with Crippen molar-refractivity contribution < 1.29 is 28.8 Å². The predicted molar refractivity (Wildman–Crippen MR) is 93.7 cm³/mol. The first-order chi connectivity index (χ1) is 13.1. The van der Waals surface area contributed by atoms with Crippen LogP contribution in [0.1, 0.15) is 75.4 Å². The molecule has 0 bridgehead atoms. The summed E-state index contributed by atoms with van der Waals surface area (Å²) in [6.07, 6.45) is 9.40. The predicted octanol–water partition coefficient (Wildman–Crippen LogP) is 2.49. The van der Waals surface area contributed by atoms with Crippen molar-refractivity contribution in [3.05, 3.63) is 11.7 Å². The molecule has 0 radical (unpaired) electrons. The Morgan fingerprint density at radius 2 is 2.11 bits per heavy atom. The molecule has 1 aliphatic carbocycles. The van der Waals surface area contributed by atoms with Crippen molar-refractivity contribution in [1.29, 1.82) is 0 Å². The summed E-state index contributed by atoms with van der Waals surface area (Å²) in [6, 6.07) is 0. The molecule has 1 fully saturated rings. The summed E-state index contributed by atoms with van der Waals surface area (Å²) in [5.74, 6) is 0.173. The van der Waals surface area contributed by atoms with Crippen LogP contribution in [0.2, 0.25) is 0 Å². The van der Waals surface area contributed by atoms with Gasteiger partial charge in [-0.25, -0.2) is 10.3 Å². The van der Waals surface area contributed by atoms with Crippen LogP contribution in [0.5, 0.6) is 0 Å². The number of rotatable bonds is 11. The molecule has 1 amide bonds. The Morgan fingerprint density at radius 3 is 2.81 bits per heavy atom. The zero-order valence-electron chi connectivity index (χ0n) is 15.8. The van der Waals surface area contributed by atoms with Gasteiger partial charge in [0.15, 0.2) is 5.82 Å². The molecule has 1 aromatic heterocycles. The minimum atomic E-state index is -0.487. The van der Waals surface area contributed by atoms with Gasteiger partial charge in [0.1, 0.15) is 13.2 Å². The summed E-state index contributed by atoms with van der Waals surface area (Å²) in [5.41, 5.74) is 1.66. The van der Waals surface area contributed by atoms with Gasteiger partial charge in [0.25, 0.3) is 0 Å². The van der Waals surface area contributed by atoms with Crippen LogP contribution in [-0.4, -0.2) is 40.9 Å². The third-order valence-corrected chi connectivity index (χ3v) is 4.96. The zero-order valence-corrected chi connectivity index (χ0v) is 15.8. The fraction of sp³-hybridized carbons (Fsp3) is 0.778. The van der Waals surface area contributed by atoms with E-state index in [1.54, 1.807) is 5.48 Å². The Kier molecular flexibility index (Phi) is 9.20. The van der Waals surface area contributed by atoms with E-state index >= 15 is 0 Å². The lowest BCUT2D eigenvalue weighted by Gasteiger charge is -2.22. The number of carbonyl (C=O) groups is 2. The standard InChI is InChI=1S/C18H29N3O6/c1-25-17(23)12-26-11-15-19-18(27-21-15)14(10-16(22)20-24)9-5-8-13-6-3-2-4-7-13/h13-14,24H,2-12H2,1H3,(H,20,22)/t14-/m1/s1. The molecule has 2 N–H and O–H groups in total. The maximum Gasteiger partial charge on any atom is 0.331 e. The van der Waals surface area contributed by atoms with Crippen LogP contribution >= 0.6 is 0 Å². The molecule has 0 saturated heterocycles. The second kappa shape index (κ2) is 11.7. The number of ether oxygens (including phenoxy) is 2. The van der Waals surface area contributed by atoms with Crippen LogP contribution in [0.4, 0.5) is 0 Å². The fourth-order valence-corrected chi connectivity index (χ4v) is 3.49. The van der Waals surface area contributed by atoms with Crippen molar-refractivity contribution in [3.63, 3.8) is 0 Å². The lowest BCUT2D eigenvalue weighted by Crippen LogP contribution is -2.21. The molecule has 0 aliphatic heterocycles. The van der Waals surface area contributed by atoms with E-state index in [0.717, 1.165) is 25.2 Å². The number of hydrogen-bond donors (Lipinski definition) is 2. The van der Waals surface area contributed by atoms with E-state index in [2.05, 4.69) is 14.9 Å². The number of methoxy groups -OCH3 is 1. The highest BCUT2D eigenvalue weighted by Gasteiger charge is 2.23. The van der Waals surface area contributed by atoms with Crippen molar-refractivity contribution in [1.82, 2.24) is 15.6 Å². The summed E-state index contributed by atoms with van der Waals surface area (Å²) in [4.78, 5) is 26.9. The molecule has 0 aromatic carbocycles. The highest BCUT2D eigenvalue weighted by molar-refractivity contribution is 5.75. The second-order valence-electron chi connectivity index (χ2n) is 6.99. The molecule has 1 aromatic rings. The van der Waals surface area contributed by atoms with Crippen molar-refractivity contribution in [2.24, 2.45) is 5.92 Å². The molecular formula is C18H29N3O6. The second-order valence-corrected chi connectivity index (χ2v) is 6.99. The molecule has 0 unspecified atom stereocenters. The molecule has 1 aliphatic rings. The Balaban J connectivity index is 1.86. The van der Waals surface area contributed by atoms with Gasteiger partial charge < -0.3 is 14.0 Å². The number of aromatic nitrogens is 2. The molecule has 1 atom stereocenters. The van der Waals surface area contributed by atoms with E-state index in [0.29, 0.717) is 11.7 Å². The third-order valence-electron chi connectivity index (χ3n) is 4.96. The molecule has 27 heavy (non-hydrogen) atoms. The number of esters is 1. The number of carbonyl (C=O) groups excluding carboxylic acids is 2. The van der Waals surface area contributed by atoms with Crippen molar-refractivity contribution in [2.45, 2.75) is 70.3 Å². The molecule has 0 spiro atoms. The molecular weight excluding hydrogens is 354 g/mol. The third kappa shape index (κ3) is 7.64. The largest absolute Gasteiger partial charge is 0.467 e. The number of hydroxylamine groups is 1. The van der Waals surface area contributed by atoms with Gasteiger partial charge in [0.2, 0.25) is 11.8 Å². The number of nitrogens with one attached hydrogen (secondary N) is 1. The topological polar surface area (TPSA) is 124 Å². The first-order valence-corrected chi connectivity index (χ1v) is 9.52. The lowest BCUT2D eigenvalue weighted by molar-refractivity contribution is -0.146. The van der Waals surface area contributed by atoms with Crippen LogP contribution in [-0.2, 0) is 25.7 Å². The minimum absolute atomic E-state index is 0.0135. The number of nitrogens with zero attached hydrogens (tertiary/aromatic N) is 2. The summed E-state index contributed by atoms with van der Waals surface area (Å²) < 4.78 is 14.9. The van der Waals surface area contributed by atoms with E-state index in [1.165, 1.54) is 39.2 Å². The van der Waals surface area contributed by atoms with Crippen LogP contribution in [0.3, 0.4) is 0 Å². The summed E-state index contributed by atoms with van der Waals surface area (Å²) in [6.45, 7) is -0.183. The van der Waals surface area contributed by atoms with Gasteiger partial charge in [-0.3, -0.25) is 10.0 Å². The zero-order chi connectivity index (χ0) is 19.5. The van der Waals surface area contributed by atoms with Crippen molar-refractivity contribution >= 4 is 11.9 Å². The molecule has 1 heterocycles. The summed E-state index contributed by atoms with van der Waals surface area (Å²) in [5, 5.41) is 12.7. The van der Waals surface area contributed by atoms with Gasteiger partial charge >= 0.3 is 5.97 Å². The van der Waals surface area contributed by atoms with E-state index in [1.807, 2.05) is 0 Å².